The highest BCUT2D eigenvalue weighted by molar-refractivity contribution is 9.11. The minimum absolute atomic E-state index is 1.14. The smallest absolute Gasteiger partial charge is 0.0913 e. The summed E-state index contributed by atoms with van der Waals surface area (Å²) in [7, 11) is -2.53. The van der Waals surface area contributed by atoms with Crippen LogP contribution in [0.4, 0.5) is 0 Å². The van der Waals surface area contributed by atoms with Crippen LogP contribution in [-0.2, 0) is 0 Å². The zero-order valence-electron chi connectivity index (χ0n) is 13.7. The summed E-state index contributed by atoms with van der Waals surface area (Å²) in [5.74, 6) is 6.73. The van der Waals surface area contributed by atoms with E-state index in [2.05, 4.69) is 95.1 Å². The molecular weight excluding hydrogens is 472 g/mol. The van der Waals surface area contributed by atoms with Gasteiger partial charge >= 0.3 is 0 Å². The number of thiophene rings is 2. The molecule has 0 unspecified atom stereocenters. The fourth-order valence-corrected chi connectivity index (χ4v) is 9.16. The second-order valence-electron chi connectivity index (χ2n) is 7.33. The van der Waals surface area contributed by atoms with Crippen molar-refractivity contribution < 1.29 is 0 Å². The molecule has 0 fully saturated rings. The summed E-state index contributed by atoms with van der Waals surface area (Å²) in [4.78, 5) is 2.29. The quantitative estimate of drug-likeness (QED) is 0.366. The molecule has 22 heavy (non-hydrogen) atoms. The molecule has 2 aromatic heterocycles. The highest BCUT2D eigenvalue weighted by Gasteiger charge is 2.21. The van der Waals surface area contributed by atoms with Crippen LogP contribution in [0, 0.1) is 11.8 Å². The SMILES string of the molecule is C[Si](C)(C)c1cc(Br)c(C#Cc2sc([Si](C)(C)C)cc2Br)s1. The third-order valence-electron chi connectivity index (χ3n) is 3.14. The van der Waals surface area contributed by atoms with Gasteiger partial charge in [0.1, 0.15) is 0 Å². The Hall–Kier alpha value is 0.354. The van der Waals surface area contributed by atoms with Crippen molar-refractivity contribution in [3.8, 4) is 11.8 Å². The van der Waals surface area contributed by atoms with Gasteiger partial charge in [-0.25, -0.2) is 0 Å². The number of rotatable bonds is 2. The summed E-state index contributed by atoms with van der Waals surface area (Å²) in [5.41, 5.74) is 0. The van der Waals surface area contributed by atoms with Crippen LogP contribution < -0.4 is 9.00 Å². The van der Waals surface area contributed by atoms with Crippen molar-refractivity contribution in [1.29, 1.82) is 0 Å². The number of hydrogen-bond donors (Lipinski definition) is 0. The first-order valence-corrected chi connectivity index (χ1v) is 17.3. The Morgan fingerprint density at radius 1 is 0.727 bits per heavy atom. The Morgan fingerprint density at radius 3 is 1.27 bits per heavy atom. The zero-order valence-corrected chi connectivity index (χ0v) is 20.5. The van der Waals surface area contributed by atoms with E-state index in [9.17, 15) is 0 Å². The van der Waals surface area contributed by atoms with E-state index in [1.54, 1.807) is 0 Å². The molecule has 0 N–H and O–H groups in total. The average molecular weight is 492 g/mol. The normalized spacial score (nSPS) is 12.2. The van der Waals surface area contributed by atoms with Crippen LogP contribution in [-0.4, -0.2) is 16.1 Å². The first-order valence-electron chi connectivity index (χ1n) is 7.10. The fourth-order valence-electron chi connectivity index (χ4n) is 1.76. The summed E-state index contributed by atoms with van der Waals surface area (Å²) in [6.45, 7) is 14.2. The van der Waals surface area contributed by atoms with Crippen molar-refractivity contribution in [2.24, 2.45) is 0 Å². The lowest BCUT2D eigenvalue weighted by atomic mass is 10.4. The Balaban J connectivity index is 2.36. The third kappa shape index (κ3) is 4.46. The molecule has 0 nitrogen and oxygen atoms in total. The predicted octanol–water partition coefficient (Wildman–Crippen LogP) is 5.82. The van der Waals surface area contributed by atoms with E-state index in [-0.39, 0.29) is 0 Å². The van der Waals surface area contributed by atoms with Gasteiger partial charge in [0.25, 0.3) is 0 Å². The van der Waals surface area contributed by atoms with Crippen LogP contribution in [0.3, 0.4) is 0 Å². The van der Waals surface area contributed by atoms with Crippen LogP contribution in [0.1, 0.15) is 9.75 Å². The van der Waals surface area contributed by atoms with Gasteiger partial charge in [-0.05, 0) is 64.8 Å². The van der Waals surface area contributed by atoms with Crippen molar-refractivity contribution in [2.75, 3.05) is 0 Å². The lowest BCUT2D eigenvalue weighted by Gasteiger charge is -2.11. The largest absolute Gasteiger partial charge is 0.135 e. The van der Waals surface area contributed by atoms with Crippen molar-refractivity contribution in [1.82, 2.24) is 0 Å². The van der Waals surface area contributed by atoms with Crippen molar-refractivity contribution in [3.63, 3.8) is 0 Å². The molecule has 0 saturated heterocycles. The zero-order chi connectivity index (χ0) is 16.7. The predicted molar refractivity (Wildman–Crippen MR) is 116 cm³/mol. The molecule has 0 aliphatic carbocycles. The van der Waals surface area contributed by atoms with Gasteiger partial charge < -0.3 is 0 Å². The van der Waals surface area contributed by atoms with E-state index in [4.69, 9.17) is 0 Å². The van der Waals surface area contributed by atoms with Gasteiger partial charge in [-0.1, -0.05) is 39.3 Å². The van der Waals surface area contributed by atoms with Gasteiger partial charge in [0, 0.05) is 8.95 Å². The van der Waals surface area contributed by atoms with Gasteiger partial charge in [0.05, 0.1) is 25.9 Å². The molecule has 6 heteroatoms. The molecule has 0 aliphatic heterocycles. The maximum Gasteiger partial charge on any atom is 0.0913 e. The van der Waals surface area contributed by atoms with Crippen LogP contribution in [0.25, 0.3) is 0 Å². The third-order valence-corrected chi connectivity index (χ3v) is 14.2. The topological polar surface area (TPSA) is 0 Å². The van der Waals surface area contributed by atoms with Gasteiger partial charge in [-0.15, -0.1) is 22.7 Å². The average Bonchev–Trinajstić information content (AvgIpc) is 2.89. The molecule has 0 spiro atoms. The summed E-state index contributed by atoms with van der Waals surface area (Å²) in [6, 6.07) is 4.52. The van der Waals surface area contributed by atoms with E-state index in [0.29, 0.717) is 0 Å². The van der Waals surface area contributed by atoms with Crippen molar-refractivity contribution in [2.45, 2.75) is 39.3 Å². The minimum Gasteiger partial charge on any atom is -0.135 e. The summed E-state index contributed by atoms with van der Waals surface area (Å²) in [5, 5.41) is 0. The molecule has 0 radical (unpaired) electrons. The molecular formula is C16H20Br2S2Si2. The second kappa shape index (κ2) is 6.69. The van der Waals surface area contributed by atoms with E-state index in [1.165, 1.54) is 9.00 Å². The second-order valence-corrected chi connectivity index (χ2v) is 21.9. The molecule has 2 rings (SSSR count). The molecule has 0 saturated carbocycles. The molecule has 0 atom stereocenters. The van der Waals surface area contributed by atoms with Crippen LogP contribution in [0.5, 0.6) is 0 Å². The van der Waals surface area contributed by atoms with Crippen LogP contribution >= 0.6 is 54.5 Å². The molecule has 2 heterocycles. The molecule has 0 bridgehead atoms. The van der Waals surface area contributed by atoms with Crippen LogP contribution in [0.15, 0.2) is 21.1 Å². The monoisotopic (exact) mass is 490 g/mol. The molecule has 0 amide bonds. The van der Waals surface area contributed by atoms with Crippen LogP contribution in [0.2, 0.25) is 39.3 Å². The minimum atomic E-state index is -1.26. The highest BCUT2D eigenvalue weighted by Crippen LogP contribution is 2.25. The maximum atomic E-state index is 3.67. The lowest BCUT2D eigenvalue weighted by molar-refractivity contribution is 1.75. The molecule has 0 aliphatic rings. The molecule has 0 aromatic carbocycles. The number of hydrogen-bond acceptors (Lipinski definition) is 2. The summed E-state index contributed by atoms with van der Waals surface area (Å²) in [6.07, 6.45) is 0. The first-order chi connectivity index (χ1) is 9.98. The van der Waals surface area contributed by atoms with Gasteiger partial charge in [-0.3, -0.25) is 0 Å². The fraction of sp³-hybridized carbons (Fsp3) is 0.375. The Labute approximate surface area is 160 Å². The Morgan fingerprint density at radius 2 is 1.05 bits per heavy atom. The summed E-state index contributed by atoms with van der Waals surface area (Å²) < 4.78 is 5.27. The Kier molecular flexibility index (Phi) is 5.69. The van der Waals surface area contributed by atoms with Crippen molar-refractivity contribution in [3.05, 3.63) is 30.8 Å². The Bertz CT molecular complexity index is 688. The van der Waals surface area contributed by atoms with E-state index in [0.717, 1.165) is 18.7 Å². The standard InChI is InChI=1S/C16H20Br2S2Si2/c1-21(2,3)15-9-11(17)13(19-15)7-8-14-12(18)10-16(20-14)22(4,5)6/h9-10H,1-6H3. The first kappa shape index (κ1) is 18.7. The van der Waals surface area contributed by atoms with E-state index >= 15 is 0 Å². The lowest BCUT2D eigenvalue weighted by Crippen LogP contribution is -2.34. The molecule has 2 aromatic rings. The van der Waals surface area contributed by atoms with Gasteiger partial charge in [0.15, 0.2) is 0 Å². The summed E-state index contributed by atoms with van der Waals surface area (Å²) >= 11 is 11.0. The van der Waals surface area contributed by atoms with Gasteiger partial charge in [-0.2, -0.15) is 0 Å². The van der Waals surface area contributed by atoms with E-state index < -0.39 is 16.1 Å². The number of halogens is 2. The highest BCUT2D eigenvalue weighted by atomic mass is 79.9. The van der Waals surface area contributed by atoms with E-state index in [1.807, 2.05) is 22.7 Å². The maximum absolute atomic E-state index is 3.67. The van der Waals surface area contributed by atoms with Gasteiger partial charge in [0.2, 0.25) is 0 Å². The van der Waals surface area contributed by atoms with Crippen molar-refractivity contribution >= 4 is 79.7 Å². The molecule has 118 valence electrons.